The second-order valence-corrected chi connectivity index (χ2v) is 27.7. The Kier molecular flexibility index (Phi) is 14.0. The third-order valence-corrected chi connectivity index (χ3v) is 18.6. The van der Waals surface area contributed by atoms with Crippen LogP contribution in [0.25, 0.3) is 55.0 Å². The summed E-state index contributed by atoms with van der Waals surface area (Å²) in [5, 5.41) is -1.58. The number of nitrogens with one attached hydrogen (secondary N) is 1. The lowest BCUT2D eigenvalue weighted by atomic mass is 9.91. The largest absolute Gasteiger partial charge is 0.453 e. The highest BCUT2D eigenvalue weighted by molar-refractivity contribution is 7.88. The van der Waals surface area contributed by atoms with Gasteiger partial charge in [0, 0.05) is 44.6 Å². The van der Waals surface area contributed by atoms with Crippen molar-refractivity contribution in [2.24, 2.45) is 4.99 Å². The molecule has 9 N–H and O–H groups in total. The first-order valence-electron chi connectivity index (χ1n) is 20.5. The van der Waals surface area contributed by atoms with E-state index in [4.69, 9.17) is 4.42 Å². The van der Waals surface area contributed by atoms with Gasteiger partial charge in [0.05, 0.1) is 27.4 Å². The summed E-state index contributed by atoms with van der Waals surface area (Å²) in [5.41, 5.74) is -1.75. The fourth-order valence-corrected chi connectivity index (χ4v) is 14.2. The van der Waals surface area contributed by atoms with Crippen LogP contribution < -0.4 is 10.7 Å². The van der Waals surface area contributed by atoms with Crippen molar-refractivity contribution >= 4 is 119 Å². The van der Waals surface area contributed by atoms with Gasteiger partial charge in [0.1, 0.15) is 19.6 Å². The second kappa shape index (κ2) is 18.9. The first-order chi connectivity index (χ1) is 35.2. The molecule has 0 spiro atoms. The molecule has 6 aromatic rings. The molecule has 1 aliphatic carbocycles. The van der Waals surface area contributed by atoms with Crippen molar-refractivity contribution in [2.45, 2.75) is 59.2 Å². The average Bonchev–Trinajstić information content (AvgIpc) is 3.33. The number of aryl methyl sites for hydroxylation is 1. The SMILES string of the molecule is Cc1ccccc1-c1c2ccc(=NCc3cc(S(=O)(=O)O)c4cc(S(=O)(=O)O)cc(S(=O)(=O)O)c4c3)c(S(=O)(=O)O)c-2oc2c(S(=O)(=O)O)c(NCc3cc(S(=O)(=O)O)c4cc(S(=O)(=O)O)cc(S(=O)(=O)O)c4c3)ccc12. The van der Waals surface area contributed by atoms with Crippen molar-refractivity contribution in [1.29, 1.82) is 0 Å². The molecule has 0 fully saturated rings. The van der Waals surface area contributed by atoms with Crippen LogP contribution >= 0.6 is 0 Å². The minimum atomic E-state index is -5.64. The Labute approximate surface area is 435 Å². The monoisotopic (exact) mass is 1220 g/mol. The Bertz CT molecular complexity index is 4940. The van der Waals surface area contributed by atoms with E-state index < -0.39 is 183 Å². The van der Waals surface area contributed by atoms with Crippen molar-refractivity contribution in [3.8, 4) is 22.5 Å². The van der Waals surface area contributed by atoms with E-state index >= 15 is 0 Å². The zero-order valence-corrected chi connectivity index (χ0v) is 44.4. The Morgan fingerprint density at radius 1 is 0.442 bits per heavy atom. The van der Waals surface area contributed by atoms with E-state index in [9.17, 15) is 104 Å². The van der Waals surface area contributed by atoms with Gasteiger partial charge >= 0.3 is 0 Å². The molecule has 0 amide bonds. The summed E-state index contributed by atoms with van der Waals surface area (Å²) >= 11 is 0. The van der Waals surface area contributed by atoms with E-state index in [2.05, 4.69) is 10.3 Å². The molecule has 0 aromatic heterocycles. The van der Waals surface area contributed by atoms with Gasteiger partial charge in [-0.3, -0.25) is 41.4 Å². The third kappa shape index (κ3) is 11.2. The van der Waals surface area contributed by atoms with E-state index in [1.807, 2.05) is 0 Å². The summed E-state index contributed by atoms with van der Waals surface area (Å²) in [5.74, 6) is -0.876. The molecule has 0 atom stereocenters. The molecule has 6 aromatic carbocycles. The number of hydrogen-bond donors (Lipinski definition) is 9. The average molecular weight is 1220 g/mol. The quantitative estimate of drug-likeness (QED) is 0.0534. The molecule has 8 rings (SSSR count). The van der Waals surface area contributed by atoms with E-state index in [0.717, 1.165) is 24.3 Å². The van der Waals surface area contributed by atoms with Crippen molar-refractivity contribution in [2.75, 3.05) is 5.32 Å². The van der Waals surface area contributed by atoms with Gasteiger partial charge in [-0.25, -0.2) is 0 Å². The highest BCUT2D eigenvalue weighted by Gasteiger charge is 2.33. The molecule has 27 nitrogen and oxygen atoms in total. The third-order valence-electron chi connectivity index (χ3n) is 11.6. The molecule has 408 valence electrons. The summed E-state index contributed by atoms with van der Waals surface area (Å²) in [6, 6.07) is 15.1. The van der Waals surface area contributed by atoms with Crippen LogP contribution in [0.3, 0.4) is 0 Å². The van der Waals surface area contributed by atoms with Crippen LogP contribution in [-0.2, 0) is 94.0 Å². The maximum atomic E-state index is 13.5. The van der Waals surface area contributed by atoms with Crippen LogP contribution in [-0.4, -0.2) is 104 Å². The van der Waals surface area contributed by atoms with E-state index in [-0.39, 0.29) is 39.8 Å². The molecule has 1 aliphatic heterocycles. The molecular formula is C42H32N2O25S8. The molecule has 35 heteroatoms. The van der Waals surface area contributed by atoms with Gasteiger partial charge in [0.25, 0.3) is 80.9 Å². The highest BCUT2D eigenvalue weighted by Crippen LogP contribution is 2.46. The van der Waals surface area contributed by atoms with Crippen molar-refractivity contribution in [3.05, 3.63) is 119 Å². The summed E-state index contributed by atoms with van der Waals surface area (Å²) < 4.78 is 290. The number of hydrogen-bond acceptors (Lipinski definition) is 19. The topological polar surface area (TPSA) is 472 Å². The molecule has 0 radical (unpaired) electrons. The minimum Gasteiger partial charge on any atom is -0.453 e. The van der Waals surface area contributed by atoms with Gasteiger partial charge in [0.15, 0.2) is 21.1 Å². The fraction of sp³-hybridized carbons (Fsp3) is 0.0714. The Hall–Kier alpha value is -6.39. The molecule has 0 unspecified atom stereocenters. The standard InChI is InChI=1S/C42H32N2O25S8/c1-20-4-2-3-5-25(20)38-26-6-8-32(43-18-21-10-28-30(34(12-21)72(51,52)53)14-23(70(45,46)47)16-36(28)74(57,58)59)41(76(63,64)65)39(26)69-40-27(38)7-9-33(42(40)77(66,67)68)44-19-22-11-29-31(35(13-22)73(54,55)56)15-24(71(48,49)50)17-37(29)75(60,61)62/h2-17,43H,18-19H2,1H3,(H,45,46,47)(H,48,49,50)(H,51,52,53)(H,54,55,56)(H,57,58,59)(H,60,61,62)(H,63,64,65)(H,66,67,68). The molecule has 2 aliphatic rings. The van der Waals surface area contributed by atoms with Gasteiger partial charge in [-0.05, 0) is 102 Å². The van der Waals surface area contributed by atoms with Gasteiger partial charge in [-0.1, -0.05) is 24.3 Å². The minimum absolute atomic E-state index is 0.0177. The summed E-state index contributed by atoms with van der Waals surface area (Å²) in [6.07, 6.45) is 0. The number of rotatable bonds is 14. The van der Waals surface area contributed by atoms with Crippen LogP contribution in [0.5, 0.6) is 0 Å². The van der Waals surface area contributed by atoms with E-state index in [0.29, 0.717) is 29.8 Å². The zero-order chi connectivity index (χ0) is 57.1. The Morgan fingerprint density at radius 3 is 1.36 bits per heavy atom. The van der Waals surface area contributed by atoms with Crippen LogP contribution in [0.15, 0.2) is 146 Å². The molecule has 0 saturated carbocycles. The Morgan fingerprint density at radius 2 is 0.896 bits per heavy atom. The summed E-state index contributed by atoms with van der Waals surface area (Å²) in [4.78, 5) is -5.66. The maximum Gasteiger partial charge on any atom is 0.300 e. The maximum absolute atomic E-state index is 13.5. The Balaban J connectivity index is 1.40. The van der Waals surface area contributed by atoms with Crippen LogP contribution in [0.4, 0.5) is 5.69 Å². The normalized spacial score (nSPS) is 13.8. The summed E-state index contributed by atoms with van der Waals surface area (Å²) in [6.45, 7) is -0.120. The number of anilines is 1. The lowest BCUT2D eigenvalue weighted by Crippen LogP contribution is -2.18. The molecule has 0 saturated heterocycles. The van der Waals surface area contributed by atoms with Crippen molar-refractivity contribution in [1.82, 2.24) is 0 Å². The predicted octanol–water partition coefficient (Wildman–Crippen LogP) is 4.51. The van der Waals surface area contributed by atoms with Crippen LogP contribution in [0, 0.1) is 6.92 Å². The first-order valence-corrected chi connectivity index (χ1v) is 32.1. The van der Waals surface area contributed by atoms with Gasteiger partial charge < -0.3 is 9.73 Å². The number of nitrogens with zero attached hydrogens (tertiary/aromatic N) is 1. The lowest BCUT2D eigenvalue weighted by molar-refractivity contribution is 0.474. The van der Waals surface area contributed by atoms with Crippen LogP contribution in [0.2, 0.25) is 0 Å². The second-order valence-electron chi connectivity index (χ2n) is 16.6. The predicted molar refractivity (Wildman–Crippen MR) is 266 cm³/mol. The van der Waals surface area contributed by atoms with Crippen molar-refractivity contribution in [3.63, 3.8) is 0 Å². The van der Waals surface area contributed by atoms with E-state index in [1.165, 1.54) is 24.3 Å². The highest BCUT2D eigenvalue weighted by atomic mass is 32.2. The van der Waals surface area contributed by atoms with E-state index in [1.54, 1.807) is 19.1 Å². The molecular weight excluding hydrogens is 1190 g/mol. The summed E-state index contributed by atoms with van der Waals surface area (Å²) in [7, 11) is -43.7. The van der Waals surface area contributed by atoms with Gasteiger partial charge in [0.2, 0.25) is 0 Å². The van der Waals surface area contributed by atoms with Gasteiger partial charge in [-0.15, -0.1) is 0 Å². The number of fused-ring (bicyclic) bond motifs is 4. The molecule has 1 heterocycles. The first kappa shape index (κ1) is 56.8. The fourth-order valence-electron chi connectivity index (χ4n) is 8.44. The smallest absolute Gasteiger partial charge is 0.300 e. The lowest BCUT2D eigenvalue weighted by Gasteiger charge is -2.21. The molecule has 77 heavy (non-hydrogen) atoms. The van der Waals surface area contributed by atoms with Crippen LogP contribution in [0.1, 0.15) is 16.7 Å². The zero-order valence-electron chi connectivity index (χ0n) is 37.9. The van der Waals surface area contributed by atoms with Gasteiger partial charge in [-0.2, -0.15) is 67.3 Å². The molecule has 0 bridgehead atoms. The van der Waals surface area contributed by atoms with Crippen molar-refractivity contribution < 1.29 is 108 Å². The number of benzene rings is 7.